The maximum atomic E-state index is 14.7. The van der Waals surface area contributed by atoms with Crippen molar-refractivity contribution in [2.45, 2.75) is 77.4 Å². The van der Waals surface area contributed by atoms with Gasteiger partial charge < -0.3 is 4.43 Å². The highest BCUT2D eigenvalue weighted by Crippen LogP contribution is 2.46. The van der Waals surface area contributed by atoms with Crippen molar-refractivity contribution in [3.05, 3.63) is 26.6 Å². The molecule has 1 aromatic rings. The first-order valence-corrected chi connectivity index (χ1v) is 11.6. The van der Waals surface area contributed by atoms with Gasteiger partial charge in [0.05, 0.1) is 0 Å². The summed E-state index contributed by atoms with van der Waals surface area (Å²) in [5, 5.41) is 0. The molecular weight excluding hydrogens is 406 g/mol. The lowest BCUT2D eigenvalue weighted by Crippen LogP contribution is -2.51. The van der Waals surface area contributed by atoms with Crippen molar-refractivity contribution >= 4 is 30.9 Å². The third-order valence-electron chi connectivity index (χ3n) is 5.24. The molecule has 0 spiro atoms. The number of hydrogen-bond acceptors (Lipinski definition) is 1. The Balaban J connectivity index is 2.55. The van der Waals surface area contributed by atoms with Crippen molar-refractivity contribution in [3.8, 4) is 5.75 Å². The van der Waals surface area contributed by atoms with Crippen LogP contribution in [-0.2, 0) is 12.8 Å². The lowest BCUT2D eigenvalue weighted by Gasteiger charge is -2.42. The van der Waals surface area contributed by atoms with Gasteiger partial charge in [0.25, 0.3) is 8.32 Å². The second-order valence-corrected chi connectivity index (χ2v) is 13.9. The van der Waals surface area contributed by atoms with Crippen molar-refractivity contribution in [3.63, 3.8) is 0 Å². The van der Waals surface area contributed by atoms with Gasteiger partial charge >= 0.3 is 0 Å². The van der Waals surface area contributed by atoms with Gasteiger partial charge in [0.2, 0.25) is 0 Å². The minimum absolute atomic E-state index is 0.163. The van der Waals surface area contributed by atoms with E-state index in [-0.39, 0.29) is 5.82 Å². The quantitative estimate of drug-likeness (QED) is 0.381. The molecule has 1 aromatic carbocycles. The molecule has 1 nitrogen and oxygen atoms in total. The smallest absolute Gasteiger partial charge is 0.258 e. The molecule has 2 rings (SSSR count). The lowest BCUT2D eigenvalue weighted by atomic mass is 10.1. The zero-order valence-electron chi connectivity index (χ0n) is 14.6. The van der Waals surface area contributed by atoms with Gasteiger partial charge in [-0.15, -0.1) is 0 Å². The number of rotatable bonds is 5. The fourth-order valence-corrected chi connectivity index (χ4v) is 10.5. The van der Waals surface area contributed by atoms with Crippen LogP contribution in [0.4, 0.5) is 4.39 Å². The minimum Gasteiger partial charge on any atom is -0.541 e. The van der Waals surface area contributed by atoms with Gasteiger partial charge in [0, 0.05) is 9.13 Å². The van der Waals surface area contributed by atoms with Crippen molar-refractivity contribution in [2.24, 2.45) is 0 Å². The summed E-state index contributed by atoms with van der Waals surface area (Å²) in [5.41, 5.74) is 3.84. The summed E-state index contributed by atoms with van der Waals surface area (Å²) in [6, 6.07) is 1.67. The third kappa shape index (κ3) is 2.97. The van der Waals surface area contributed by atoms with E-state index in [1.54, 1.807) is 6.07 Å². The number of benzene rings is 1. The predicted molar refractivity (Wildman–Crippen MR) is 103 cm³/mol. The molecule has 0 unspecified atom stereocenters. The van der Waals surface area contributed by atoms with Gasteiger partial charge in [0.1, 0.15) is 5.75 Å². The first-order chi connectivity index (χ1) is 10.2. The van der Waals surface area contributed by atoms with Crippen LogP contribution < -0.4 is 4.43 Å². The minimum atomic E-state index is -2.10. The first-order valence-electron chi connectivity index (χ1n) is 8.40. The summed E-state index contributed by atoms with van der Waals surface area (Å²) in [4.78, 5) is 0. The average Bonchev–Trinajstić information content (AvgIpc) is 2.87. The van der Waals surface area contributed by atoms with Crippen LogP contribution in [0.3, 0.4) is 0 Å². The van der Waals surface area contributed by atoms with Gasteiger partial charge in [-0.05, 0) is 70.1 Å². The summed E-state index contributed by atoms with van der Waals surface area (Å²) in [6.45, 7) is 13.5. The molecule has 0 aromatic heterocycles. The molecule has 0 aliphatic heterocycles. The van der Waals surface area contributed by atoms with E-state index in [4.69, 9.17) is 4.43 Å². The molecule has 0 amide bonds. The maximum absolute atomic E-state index is 14.7. The predicted octanol–water partition coefficient (Wildman–Crippen LogP) is 6.47. The average molecular weight is 434 g/mol. The van der Waals surface area contributed by atoms with Crippen LogP contribution in [0.25, 0.3) is 0 Å². The van der Waals surface area contributed by atoms with Crippen LogP contribution >= 0.6 is 22.6 Å². The van der Waals surface area contributed by atoms with E-state index in [9.17, 15) is 4.39 Å². The van der Waals surface area contributed by atoms with Crippen LogP contribution in [0.15, 0.2) is 6.07 Å². The molecule has 0 bridgehead atoms. The molecule has 124 valence electrons. The van der Waals surface area contributed by atoms with Gasteiger partial charge in [-0.1, -0.05) is 41.5 Å². The van der Waals surface area contributed by atoms with E-state index < -0.39 is 8.32 Å². The number of hydrogen-bond donors (Lipinski definition) is 0. The van der Waals surface area contributed by atoms with Crippen molar-refractivity contribution in [2.75, 3.05) is 0 Å². The summed E-state index contributed by atoms with van der Waals surface area (Å²) in [5.74, 6) is 0.416. The van der Waals surface area contributed by atoms with Crippen molar-refractivity contribution < 1.29 is 8.82 Å². The monoisotopic (exact) mass is 434 g/mol. The van der Waals surface area contributed by atoms with Gasteiger partial charge in [0.15, 0.2) is 5.82 Å². The van der Waals surface area contributed by atoms with Crippen LogP contribution in [0, 0.1) is 9.39 Å². The highest BCUT2D eigenvalue weighted by Gasteiger charge is 2.48. The van der Waals surface area contributed by atoms with Gasteiger partial charge in [-0.2, -0.15) is 0 Å². The van der Waals surface area contributed by atoms with E-state index in [1.807, 2.05) is 0 Å². The lowest BCUT2D eigenvalue weighted by molar-refractivity contribution is 0.441. The van der Waals surface area contributed by atoms with Crippen molar-refractivity contribution in [1.29, 1.82) is 0 Å². The number of fused-ring (bicyclic) bond motifs is 1. The van der Waals surface area contributed by atoms with E-state index in [0.29, 0.717) is 22.4 Å². The van der Waals surface area contributed by atoms with Crippen molar-refractivity contribution in [1.82, 2.24) is 0 Å². The second-order valence-electron chi connectivity index (χ2n) is 7.40. The fourth-order valence-electron chi connectivity index (χ4n) is 4.31. The summed E-state index contributed by atoms with van der Waals surface area (Å²) in [7, 11) is -2.10. The Hall–Kier alpha value is -0.103. The van der Waals surface area contributed by atoms with Gasteiger partial charge in [-0.25, -0.2) is 4.39 Å². The fraction of sp³-hybridized carbons (Fsp3) is 0.667. The molecule has 0 saturated carbocycles. The second kappa shape index (κ2) is 6.79. The topological polar surface area (TPSA) is 9.23 Å². The first kappa shape index (κ1) is 18.2. The maximum Gasteiger partial charge on any atom is 0.258 e. The Labute approximate surface area is 149 Å². The Bertz CT molecular complexity index is 533. The van der Waals surface area contributed by atoms with Crippen LogP contribution in [-0.4, -0.2) is 8.32 Å². The van der Waals surface area contributed by atoms with E-state index in [2.05, 4.69) is 64.1 Å². The van der Waals surface area contributed by atoms with Crippen LogP contribution in [0.1, 0.15) is 59.1 Å². The largest absolute Gasteiger partial charge is 0.541 e. The molecule has 0 saturated heterocycles. The Morgan fingerprint density at radius 2 is 1.50 bits per heavy atom. The zero-order chi connectivity index (χ0) is 16.7. The normalized spacial score (nSPS) is 15.0. The SMILES string of the molecule is CC(C)[Si](Oc1c(F)cc(I)c2c1CCC2)(C(C)C)C(C)C. The van der Waals surface area contributed by atoms with E-state index >= 15 is 0 Å². The zero-order valence-corrected chi connectivity index (χ0v) is 17.8. The number of halogens is 2. The molecule has 0 atom stereocenters. The molecule has 1 aliphatic rings. The van der Waals surface area contributed by atoms with E-state index in [0.717, 1.165) is 28.4 Å². The Morgan fingerprint density at radius 3 is 2.00 bits per heavy atom. The molecule has 0 fully saturated rings. The Kier molecular flexibility index (Phi) is 5.63. The van der Waals surface area contributed by atoms with Crippen LogP contribution in [0.2, 0.25) is 16.6 Å². The van der Waals surface area contributed by atoms with Gasteiger partial charge in [-0.3, -0.25) is 0 Å². The Morgan fingerprint density at radius 1 is 1.00 bits per heavy atom. The summed E-state index contributed by atoms with van der Waals surface area (Å²) in [6.07, 6.45) is 3.13. The highest BCUT2D eigenvalue weighted by molar-refractivity contribution is 14.1. The molecular formula is C18H28FIOSi. The highest BCUT2D eigenvalue weighted by atomic mass is 127. The standard InChI is InChI=1S/C18H28FIOSi/c1-11(2)22(12(3)4,13(5)6)21-18-15-9-7-8-14(15)17(20)10-16(18)19/h10-13H,7-9H2,1-6H3. The molecule has 0 N–H and O–H groups in total. The third-order valence-corrected chi connectivity index (χ3v) is 12.2. The van der Waals surface area contributed by atoms with E-state index in [1.165, 1.54) is 5.56 Å². The molecule has 0 radical (unpaired) electrons. The molecule has 22 heavy (non-hydrogen) atoms. The molecule has 4 heteroatoms. The summed E-state index contributed by atoms with van der Waals surface area (Å²) < 4.78 is 22.5. The molecule has 0 heterocycles. The summed E-state index contributed by atoms with van der Waals surface area (Å²) >= 11 is 2.26. The molecule has 1 aliphatic carbocycles. The van der Waals surface area contributed by atoms with Crippen LogP contribution in [0.5, 0.6) is 5.75 Å².